The van der Waals surface area contributed by atoms with Gasteiger partial charge in [-0.1, -0.05) is 5.16 Å². The topological polar surface area (TPSA) is 75.4 Å². The van der Waals surface area contributed by atoms with Crippen LogP contribution in [-0.2, 0) is 0 Å². The standard InChI is InChI=1S/C16H19N5O2/c1-11-2-5-15(18-17-11)20-6-8-21(9-7-20)16(22)13-10-14(23-19-13)12-3-4-12/h2,5,10,12H,3-4,6-9H2,1H3. The van der Waals surface area contributed by atoms with E-state index in [1.807, 2.05) is 24.0 Å². The van der Waals surface area contributed by atoms with E-state index >= 15 is 0 Å². The number of nitrogens with zero attached hydrogens (tertiary/aromatic N) is 5. The van der Waals surface area contributed by atoms with Gasteiger partial charge in [0.05, 0.1) is 5.69 Å². The van der Waals surface area contributed by atoms with Crippen molar-refractivity contribution in [1.82, 2.24) is 20.3 Å². The Bertz CT molecular complexity index is 700. The second kappa shape index (κ2) is 5.64. The van der Waals surface area contributed by atoms with Crippen LogP contribution >= 0.6 is 0 Å². The van der Waals surface area contributed by atoms with Gasteiger partial charge in [0, 0.05) is 38.2 Å². The van der Waals surface area contributed by atoms with Crippen molar-refractivity contribution in [2.24, 2.45) is 0 Å². The van der Waals surface area contributed by atoms with Crippen LogP contribution < -0.4 is 4.90 Å². The van der Waals surface area contributed by atoms with E-state index in [1.54, 1.807) is 6.07 Å². The van der Waals surface area contributed by atoms with Gasteiger partial charge in [-0.05, 0) is 31.9 Å². The highest BCUT2D eigenvalue weighted by molar-refractivity contribution is 5.92. The summed E-state index contributed by atoms with van der Waals surface area (Å²) in [4.78, 5) is 16.5. The molecule has 0 radical (unpaired) electrons. The fourth-order valence-corrected chi connectivity index (χ4v) is 2.81. The normalized spacial score (nSPS) is 18.3. The second-order valence-electron chi connectivity index (χ2n) is 6.20. The van der Waals surface area contributed by atoms with E-state index < -0.39 is 0 Å². The van der Waals surface area contributed by atoms with Crippen molar-refractivity contribution in [2.45, 2.75) is 25.7 Å². The van der Waals surface area contributed by atoms with E-state index in [9.17, 15) is 4.79 Å². The lowest BCUT2D eigenvalue weighted by Gasteiger charge is -2.34. The molecule has 2 aromatic rings. The highest BCUT2D eigenvalue weighted by Gasteiger charge is 2.30. The van der Waals surface area contributed by atoms with Crippen molar-refractivity contribution < 1.29 is 9.32 Å². The maximum Gasteiger partial charge on any atom is 0.276 e. The fourth-order valence-electron chi connectivity index (χ4n) is 2.81. The lowest BCUT2D eigenvalue weighted by Crippen LogP contribution is -2.49. The molecule has 1 aliphatic carbocycles. The van der Waals surface area contributed by atoms with Crippen molar-refractivity contribution in [3.63, 3.8) is 0 Å². The molecule has 0 aromatic carbocycles. The molecule has 0 N–H and O–H groups in total. The molecular weight excluding hydrogens is 294 g/mol. The first-order chi connectivity index (χ1) is 11.2. The Morgan fingerprint density at radius 1 is 1.17 bits per heavy atom. The van der Waals surface area contributed by atoms with Gasteiger partial charge >= 0.3 is 0 Å². The Morgan fingerprint density at radius 3 is 2.61 bits per heavy atom. The average Bonchev–Trinajstić information content (AvgIpc) is 3.32. The molecule has 0 spiro atoms. The summed E-state index contributed by atoms with van der Waals surface area (Å²) < 4.78 is 5.28. The summed E-state index contributed by atoms with van der Waals surface area (Å²) in [6.45, 7) is 4.72. The number of aromatic nitrogens is 3. The lowest BCUT2D eigenvalue weighted by atomic mass is 10.2. The molecule has 23 heavy (non-hydrogen) atoms. The maximum absolute atomic E-state index is 12.5. The van der Waals surface area contributed by atoms with Crippen LogP contribution in [0.4, 0.5) is 5.82 Å². The zero-order chi connectivity index (χ0) is 15.8. The minimum atomic E-state index is -0.0460. The van der Waals surface area contributed by atoms with Crippen molar-refractivity contribution in [1.29, 1.82) is 0 Å². The van der Waals surface area contributed by atoms with Gasteiger partial charge in [-0.2, -0.15) is 5.10 Å². The van der Waals surface area contributed by atoms with Crippen molar-refractivity contribution >= 4 is 11.7 Å². The molecule has 120 valence electrons. The number of anilines is 1. The van der Waals surface area contributed by atoms with E-state index in [4.69, 9.17) is 4.52 Å². The van der Waals surface area contributed by atoms with Gasteiger partial charge < -0.3 is 14.3 Å². The third kappa shape index (κ3) is 2.91. The second-order valence-corrected chi connectivity index (χ2v) is 6.20. The molecule has 3 heterocycles. The predicted octanol–water partition coefficient (Wildman–Crippen LogP) is 1.61. The van der Waals surface area contributed by atoms with E-state index in [-0.39, 0.29) is 5.91 Å². The Morgan fingerprint density at radius 2 is 1.96 bits per heavy atom. The third-order valence-corrected chi connectivity index (χ3v) is 4.40. The molecule has 2 aliphatic rings. The number of aryl methyl sites for hydroxylation is 1. The van der Waals surface area contributed by atoms with Crippen LogP contribution in [0.15, 0.2) is 22.7 Å². The highest BCUT2D eigenvalue weighted by Crippen LogP contribution is 2.40. The fraction of sp³-hybridized carbons (Fsp3) is 0.500. The number of piperazine rings is 1. The smallest absolute Gasteiger partial charge is 0.276 e. The SMILES string of the molecule is Cc1ccc(N2CCN(C(=O)c3cc(C4CC4)on3)CC2)nn1. The number of carbonyl (C=O) groups excluding carboxylic acids is 1. The van der Waals surface area contributed by atoms with E-state index in [0.717, 1.165) is 43.2 Å². The average molecular weight is 313 g/mol. The summed E-state index contributed by atoms with van der Waals surface area (Å²) in [6, 6.07) is 5.73. The van der Waals surface area contributed by atoms with Gasteiger partial charge in [0.2, 0.25) is 0 Å². The first-order valence-corrected chi connectivity index (χ1v) is 8.02. The first kappa shape index (κ1) is 14.2. The molecule has 7 nitrogen and oxygen atoms in total. The van der Waals surface area contributed by atoms with Crippen LogP contribution in [0.2, 0.25) is 0 Å². The Kier molecular flexibility index (Phi) is 3.48. The van der Waals surface area contributed by atoms with Crippen LogP contribution in [0.5, 0.6) is 0 Å². The molecule has 1 saturated carbocycles. The van der Waals surface area contributed by atoms with Gasteiger partial charge in [0.15, 0.2) is 11.5 Å². The van der Waals surface area contributed by atoms with Crippen LogP contribution in [0, 0.1) is 6.92 Å². The molecule has 7 heteroatoms. The molecular formula is C16H19N5O2. The minimum Gasteiger partial charge on any atom is -0.360 e. The lowest BCUT2D eigenvalue weighted by molar-refractivity contribution is 0.0736. The number of hydrogen-bond acceptors (Lipinski definition) is 6. The quantitative estimate of drug-likeness (QED) is 0.857. The summed E-state index contributed by atoms with van der Waals surface area (Å²) in [5, 5.41) is 12.2. The number of amides is 1. The largest absolute Gasteiger partial charge is 0.360 e. The Labute approximate surface area is 134 Å². The Hall–Kier alpha value is -2.44. The summed E-state index contributed by atoms with van der Waals surface area (Å²) in [7, 11) is 0. The molecule has 1 saturated heterocycles. The van der Waals surface area contributed by atoms with E-state index in [1.165, 1.54) is 0 Å². The summed E-state index contributed by atoms with van der Waals surface area (Å²) >= 11 is 0. The Balaban J connectivity index is 1.38. The molecule has 0 atom stereocenters. The van der Waals surface area contributed by atoms with Gasteiger partial charge in [0.25, 0.3) is 5.91 Å². The van der Waals surface area contributed by atoms with Crippen LogP contribution in [-0.4, -0.2) is 52.3 Å². The summed E-state index contributed by atoms with van der Waals surface area (Å²) in [5.74, 6) is 2.14. The first-order valence-electron chi connectivity index (χ1n) is 8.02. The van der Waals surface area contributed by atoms with Crippen LogP contribution in [0.1, 0.15) is 40.7 Å². The number of rotatable bonds is 3. The predicted molar refractivity (Wildman–Crippen MR) is 83.4 cm³/mol. The molecule has 2 fully saturated rings. The monoisotopic (exact) mass is 313 g/mol. The molecule has 1 aliphatic heterocycles. The van der Waals surface area contributed by atoms with Gasteiger partial charge in [-0.25, -0.2) is 0 Å². The van der Waals surface area contributed by atoms with Crippen molar-refractivity contribution in [3.8, 4) is 0 Å². The molecule has 0 bridgehead atoms. The van der Waals surface area contributed by atoms with E-state index in [0.29, 0.717) is 24.7 Å². The van der Waals surface area contributed by atoms with Crippen LogP contribution in [0.25, 0.3) is 0 Å². The maximum atomic E-state index is 12.5. The van der Waals surface area contributed by atoms with Gasteiger partial charge in [-0.3, -0.25) is 4.79 Å². The van der Waals surface area contributed by atoms with Gasteiger partial charge in [0.1, 0.15) is 5.76 Å². The van der Waals surface area contributed by atoms with E-state index in [2.05, 4.69) is 20.3 Å². The van der Waals surface area contributed by atoms with Crippen molar-refractivity contribution in [3.05, 3.63) is 35.3 Å². The van der Waals surface area contributed by atoms with Crippen LogP contribution in [0.3, 0.4) is 0 Å². The minimum absolute atomic E-state index is 0.0460. The third-order valence-electron chi connectivity index (χ3n) is 4.40. The zero-order valence-corrected chi connectivity index (χ0v) is 13.1. The highest BCUT2D eigenvalue weighted by atomic mass is 16.5. The molecule has 0 unspecified atom stereocenters. The molecule has 1 amide bonds. The van der Waals surface area contributed by atoms with Crippen molar-refractivity contribution in [2.75, 3.05) is 31.1 Å². The molecule has 2 aromatic heterocycles. The summed E-state index contributed by atoms with van der Waals surface area (Å²) in [5.41, 5.74) is 1.33. The number of carbonyl (C=O) groups is 1. The summed E-state index contributed by atoms with van der Waals surface area (Å²) in [6.07, 6.45) is 2.28. The zero-order valence-electron chi connectivity index (χ0n) is 13.1. The molecule has 4 rings (SSSR count). The number of hydrogen-bond donors (Lipinski definition) is 0. The van der Waals surface area contributed by atoms with Gasteiger partial charge in [-0.15, -0.1) is 5.10 Å².